The molecule has 1 atom stereocenters. The maximum atomic E-state index is 12.8. The van der Waals surface area contributed by atoms with Gasteiger partial charge in [-0.2, -0.15) is 0 Å². The maximum Gasteiger partial charge on any atom is 0.253 e. The van der Waals surface area contributed by atoms with Gasteiger partial charge in [-0.15, -0.1) is 0 Å². The topological polar surface area (TPSA) is 49.0 Å². The van der Waals surface area contributed by atoms with Gasteiger partial charge in [0.2, 0.25) is 0 Å². The molecule has 0 unspecified atom stereocenters. The van der Waals surface area contributed by atoms with Crippen molar-refractivity contribution in [3.63, 3.8) is 0 Å². The van der Waals surface area contributed by atoms with Crippen molar-refractivity contribution >= 4 is 16.9 Å². The minimum absolute atomic E-state index is 0.178. The smallest absolute Gasteiger partial charge is 0.253 e. The average Bonchev–Trinajstić information content (AvgIpc) is 3.20. The summed E-state index contributed by atoms with van der Waals surface area (Å²) in [5, 5.41) is 0. The van der Waals surface area contributed by atoms with Crippen molar-refractivity contribution < 1.29 is 4.79 Å². The van der Waals surface area contributed by atoms with E-state index in [2.05, 4.69) is 14.9 Å². The fourth-order valence-corrected chi connectivity index (χ4v) is 4.41. The lowest BCUT2D eigenvalue weighted by Gasteiger charge is -2.27. The molecule has 4 heteroatoms. The molecule has 2 aromatic rings. The Morgan fingerprint density at radius 3 is 2.83 bits per heavy atom. The summed E-state index contributed by atoms with van der Waals surface area (Å²) in [6.45, 7) is 3.81. The molecule has 1 aromatic carbocycles. The van der Waals surface area contributed by atoms with Gasteiger partial charge < -0.3 is 9.88 Å². The van der Waals surface area contributed by atoms with Crippen molar-refractivity contribution in [1.82, 2.24) is 14.9 Å². The molecule has 1 aliphatic carbocycles. The number of H-pyrrole nitrogens is 1. The zero-order valence-corrected chi connectivity index (χ0v) is 13.8. The van der Waals surface area contributed by atoms with E-state index in [1.54, 1.807) is 0 Å². The van der Waals surface area contributed by atoms with Crippen molar-refractivity contribution in [2.75, 3.05) is 13.1 Å². The van der Waals surface area contributed by atoms with Crippen LogP contribution in [-0.4, -0.2) is 33.9 Å². The molecule has 1 N–H and O–H groups in total. The highest BCUT2D eigenvalue weighted by atomic mass is 16.2. The zero-order valence-electron chi connectivity index (χ0n) is 13.8. The third-order valence-electron chi connectivity index (χ3n) is 5.68. The molecule has 0 radical (unpaired) electrons. The van der Waals surface area contributed by atoms with Crippen LogP contribution in [0, 0.1) is 18.8 Å². The van der Waals surface area contributed by atoms with Gasteiger partial charge in [-0.3, -0.25) is 4.79 Å². The Kier molecular flexibility index (Phi) is 3.83. The summed E-state index contributed by atoms with van der Waals surface area (Å²) < 4.78 is 0. The van der Waals surface area contributed by atoms with Crippen LogP contribution in [0.25, 0.3) is 11.0 Å². The van der Waals surface area contributed by atoms with Gasteiger partial charge in [-0.05, 0) is 43.4 Å². The number of fused-ring (bicyclic) bond motifs is 1. The number of aromatic nitrogens is 2. The van der Waals surface area contributed by atoms with Gasteiger partial charge in [-0.25, -0.2) is 4.98 Å². The van der Waals surface area contributed by atoms with Crippen molar-refractivity contribution in [3.8, 4) is 0 Å². The Bertz CT molecular complexity index is 714. The second-order valence-corrected chi connectivity index (χ2v) is 7.25. The monoisotopic (exact) mass is 311 g/mol. The van der Waals surface area contributed by atoms with Crippen LogP contribution in [0.1, 0.15) is 54.7 Å². The van der Waals surface area contributed by atoms with E-state index in [0.29, 0.717) is 0 Å². The van der Waals surface area contributed by atoms with Crippen LogP contribution in [0.3, 0.4) is 0 Å². The number of hydrogen-bond donors (Lipinski definition) is 1. The van der Waals surface area contributed by atoms with E-state index in [0.717, 1.165) is 47.3 Å². The van der Waals surface area contributed by atoms with Crippen LogP contribution in [-0.2, 0) is 0 Å². The molecular formula is C19H25N3O. The molecule has 1 saturated carbocycles. The van der Waals surface area contributed by atoms with Gasteiger partial charge in [0.05, 0.1) is 11.0 Å². The average molecular weight is 311 g/mol. The van der Waals surface area contributed by atoms with E-state index in [1.165, 1.54) is 38.5 Å². The summed E-state index contributed by atoms with van der Waals surface area (Å²) in [4.78, 5) is 22.5. The molecule has 2 heterocycles. The summed E-state index contributed by atoms with van der Waals surface area (Å²) in [5.74, 6) is 2.64. The lowest BCUT2D eigenvalue weighted by atomic mass is 9.80. The first-order valence-corrected chi connectivity index (χ1v) is 8.96. The lowest BCUT2D eigenvalue weighted by Crippen LogP contribution is -2.30. The lowest BCUT2D eigenvalue weighted by molar-refractivity contribution is 0.0780. The first kappa shape index (κ1) is 14.7. The highest BCUT2D eigenvalue weighted by molar-refractivity contribution is 5.97. The molecule has 4 rings (SSSR count). The van der Waals surface area contributed by atoms with E-state index >= 15 is 0 Å². The molecule has 0 bridgehead atoms. The fourth-order valence-electron chi connectivity index (χ4n) is 4.41. The number of nitrogens with zero attached hydrogens (tertiary/aromatic N) is 2. The van der Waals surface area contributed by atoms with Crippen LogP contribution in [0.5, 0.6) is 0 Å². The van der Waals surface area contributed by atoms with Crippen molar-refractivity contribution in [2.24, 2.45) is 11.8 Å². The van der Waals surface area contributed by atoms with Crippen molar-refractivity contribution in [3.05, 3.63) is 29.6 Å². The van der Waals surface area contributed by atoms with Gasteiger partial charge >= 0.3 is 0 Å². The van der Waals surface area contributed by atoms with Gasteiger partial charge in [0, 0.05) is 18.7 Å². The number of carbonyl (C=O) groups excluding carboxylic acids is 1. The first-order valence-electron chi connectivity index (χ1n) is 8.96. The maximum absolute atomic E-state index is 12.8. The molecule has 1 aliphatic heterocycles. The Morgan fingerprint density at radius 1 is 1.17 bits per heavy atom. The highest BCUT2D eigenvalue weighted by Crippen LogP contribution is 2.35. The van der Waals surface area contributed by atoms with E-state index < -0.39 is 0 Å². The normalized spacial score (nSPS) is 22.8. The molecule has 2 aliphatic rings. The molecule has 2 fully saturated rings. The van der Waals surface area contributed by atoms with Crippen LogP contribution < -0.4 is 0 Å². The Morgan fingerprint density at radius 2 is 2.00 bits per heavy atom. The van der Waals surface area contributed by atoms with Crippen molar-refractivity contribution in [2.45, 2.75) is 45.4 Å². The number of aryl methyl sites for hydroxylation is 1. The first-order chi connectivity index (χ1) is 11.2. The predicted octanol–water partition coefficient (Wildman–Crippen LogP) is 3.91. The summed E-state index contributed by atoms with van der Waals surface area (Å²) in [6.07, 6.45) is 8.07. The second-order valence-electron chi connectivity index (χ2n) is 7.25. The SMILES string of the molecule is Cc1nc2ccc(C(=O)N3CC[C@H](C4CCCCC4)C3)cc2[nH]1. The van der Waals surface area contributed by atoms with E-state index in [1.807, 2.05) is 25.1 Å². The number of carbonyl (C=O) groups is 1. The number of rotatable bonds is 2. The number of hydrogen-bond acceptors (Lipinski definition) is 2. The Labute approximate surface area is 137 Å². The zero-order chi connectivity index (χ0) is 15.8. The predicted molar refractivity (Wildman–Crippen MR) is 91.4 cm³/mol. The van der Waals surface area contributed by atoms with E-state index in [4.69, 9.17) is 0 Å². The Balaban J connectivity index is 1.47. The number of likely N-dealkylation sites (tertiary alicyclic amines) is 1. The highest BCUT2D eigenvalue weighted by Gasteiger charge is 2.32. The summed E-state index contributed by atoms with van der Waals surface area (Å²) >= 11 is 0. The molecule has 0 spiro atoms. The van der Waals surface area contributed by atoms with Gasteiger partial charge in [0.15, 0.2) is 0 Å². The van der Waals surface area contributed by atoms with Crippen molar-refractivity contribution in [1.29, 1.82) is 0 Å². The molecule has 1 aromatic heterocycles. The third kappa shape index (κ3) is 2.87. The second kappa shape index (κ2) is 5.99. The standard InChI is InChI=1S/C19H25N3O/c1-13-20-17-8-7-15(11-18(17)21-13)19(23)22-10-9-16(12-22)14-5-3-2-4-6-14/h7-8,11,14,16H,2-6,9-10,12H2,1H3,(H,20,21)/t16-/m0/s1. The molecule has 1 saturated heterocycles. The van der Waals surface area contributed by atoms with Crippen LogP contribution in [0.4, 0.5) is 0 Å². The summed E-state index contributed by atoms with van der Waals surface area (Å²) in [6, 6.07) is 5.81. The summed E-state index contributed by atoms with van der Waals surface area (Å²) in [5.41, 5.74) is 2.67. The summed E-state index contributed by atoms with van der Waals surface area (Å²) in [7, 11) is 0. The van der Waals surface area contributed by atoms with Gasteiger partial charge in [-0.1, -0.05) is 32.1 Å². The number of imidazole rings is 1. The third-order valence-corrected chi connectivity index (χ3v) is 5.68. The van der Waals surface area contributed by atoms with Gasteiger partial charge in [0.1, 0.15) is 5.82 Å². The van der Waals surface area contributed by atoms with E-state index in [9.17, 15) is 4.79 Å². The number of aromatic amines is 1. The van der Waals surface area contributed by atoms with Crippen LogP contribution in [0.15, 0.2) is 18.2 Å². The number of nitrogens with one attached hydrogen (secondary N) is 1. The minimum Gasteiger partial charge on any atom is -0.342 e. The van der Waals surface area contributed by atoms with Crippen LogP contribution >= 0.6 is 0 Å². The van der Waals surface area contributed by atoms with Crippen LogP contribution in [0.2, 0.25) is 0 Å². The fraction of sp³-hybridized carbons (Fsp3) is 0.579. The van der Waals surface area contributed by atoms with Gasteiger partial charge in [0.25, 0.3) is 5.91 Å². The minimum atomic E-state index is 0.178. The Hall–Kier alpha value is -1.84. The molecule has 23 heavy (non-hydrogen) atoms. The molecule has 122 valence electrons. The molecular weight excluding hydrogens is 286 g/mol. The van der Waals surface area contributed by atoms with E-state index in [-0.39, 0.29) is 5.91 Å². The molecule has 4 nitrogen and oxygen atoms in total. The number of amides is 1. The largest absolute Gasteiger partial charge is 0.342 e. The molecule has 1 amide bonds. The quantitative estimate of drug-likeness (QED) is 0.914. The number of benzene rings is 1.